The summed E-state index contributed by atoms with van der Waals surface area (Å²) in [6.45, 7) is 4.84. The Morgan fingerprint density at radius 3 is 1.80 bits per heavy atom. The zero-order valence-corrected chi connectivity index (χ0v) is 7.47. The van der Waals surface area contributed by atoms with E-state index in [1.54, 1.807) is 14.2 Å². The quantitative estimate of drug-likeness (QED) is 0.551. The van der Waals surface area contributed by atoms with E-state index in [-0.39, 0.29) is 0 Å². The van der Waals surface area contributed by atoms with Crippen LogP contribution in [0.2, 0.25) is 0 Å². The van der Waals surface area contributed by atoms with Gasteiger partial charge in [0.15, 0.2) is 0 Å². The first-order valence-corrected chi connectivity index (χ1v) is 3.42. The van der Waals surface area contributed by atoms with Crippen LogP contribution in [0, 0.1) is 0 Å². The molecular formula is C7H17NO2. The van der Waals surface area contributed by atoms with Crippen molar-refractivity contribution in [2.45, 2.75) is 19.8 Å². The third kappa shape index (κ3) is 1.94. The third-order valence-corrected chi connectivity index (χ3v) is 1.93. The highest BCUT2D eigenvalue weighted by Crippen LogP contribution is 2.13. The molecule has 10 heavy (non-hydrogen) atoms. The molecule has 0 saturated heterocycles. The van der Waals surface area contributed by atoms with Crippen molar-refractivity contribution in [2.75, 3.05) is 27.8 Å². The fourth-order valence-corrected chi connectivity index (χ4v) is 0.682. The number of nitrogens with zero attached hydrogens (tertiary/aromatic N) is 1. The summed E-state index contributed by atoms with van der Waals surface area (Å²) in [5.74, 6) is -0.575. The van der Waals surface area contributed by atoms with Crippen molar-refractivity contribution in [3.05, 3.63) is 0 Å². The Morgan fingerprint density at radius 1 is 1.30 bits per heavy atom. The van der Waals surface area contributed by atoms with E-state index in [9.17, 15) is 0 Å². The molecule has 0 atom stereocenters. The molecule has 0 N–H and O–H groups in total. The molecule has 0 fully saturated rings. The van der Waals surface area contributed by atoms with E-state index in [0.29, 0.717) is 0 Å². The SMILES string of the molecule is CCN(C)C(C)(OC)OC. The van der Waals surface area contributed by atoms with Gasteiger partial charge in [-0.15, -0.1) is 0 Å². The molecule has 0 rings (SSSR count). The molecule has 0 heterocycles. The first-order chi connectivity index (χ1) is 4.60. The smallest absolute Gasteiger partial charge is 0.226 e. The molecule has 62 valence electrons. The molecule has 0 aliphatic heterocycles. The maximum atomic E-state index is 5.14. The van der Waals surface area contributed by atoms with Crippen molar-refractivity contribution >= 4 is 0 Å². The predicted octanol–water partition coefficient (Wildman–Crippen LogP) is 0.905. The third-order valence-electron chi connectivity index (χ3n) is 1.93. The molecule has 0 spiro atoms. The minimum atomic E-state index is -0.575. The number of methoxy groups -OCH3 is 2. The first-order valence-electron chi connectivity index (χ1n) is 3.42. The lowest BCUT2D eigenvalue weighted by atomic mass is 10.4. The van der Waals surface area contributed by atoms with Gasteiger partial charge >= 0.3 is 0 Å². The van der Waals surface area contributed by atoms with Gasteiger partial charge in [-0.1, -0.05) is 6.92 Å². The van der Waals surface area contributed by atoms with Gasteiger partial charge in [0.25, 0.3) is 0 Å². The van der Waals surface area contributed by atoms with Crippen molar-refractivity contribution in [3.63, 3.8) is 0 Å². The van der Waals surface area contributed by atoms with Gasteiger partial charge in [0, 0.05) is 21.1 Å². The molecule has 3 heteroatoms. The molecule has 0 saturated carbocycles. The van der Waals surface area contributed by atoms with Gasteiger partial charge in [-0.3, -0.25) is 4.90 Å². The Bertz CT molecular complexity index is 91.6. The summed E-state index contributed by atoms with van der Waals surface area (Å²) in [7, 11) is 5.22. The molecule has 0 aliphatic rings. The monoisotopic (exact) mass is 147 g/mol. The topological polar surface area (TPSA) is 21.7 Å². The zero-order valence-electron chi connectivity index (χ0n) is 7.47. The molecule has 0 radical (unpaired) electrons. The van der Waals surface area contributed by atoms with E-state index in [0.717, 1.165) is 6.54 Å². The summed E-state index contributed by atoms with van der Waals surface area (Å²) in [5, 5.41) is 0. The summed E-state index contributed by atoms with van der Waals surface area (Å²) < 4.78 is 10.3. The molecule has 3 nitrogen and oxygen atoms in total. The van der Waals surface area contributed by atoms with Crippen LogP contribution in [-0.2, 0) is 9.47 Å². The first kappa shape index (κ1) is 9.88. The van der Waals surface area contributed by atoms with E-state index >= 15 is 0 Å². The van der Waals surface area contributed by atoms with E-state index in [1.165, 1.54) is 0 Å². The second-order valence-electron chi connectivity index (χ2n) is 2.32. The van der Waals surface area contributed by atoms with Crippen LogP contribution >= 0.6 is 0 Å². The summed E-state index contributed by atoms with van der Waals surface area (Å²) in [5.41, 5.74) is 0. The van der Waals surface area contributed by atoms with Crippen molar-refractivity contribution in [3.8, 4) is 0 Å². The van der Waals surface area contributed by atoms with Gasteiger partial charge in [-0.2, -0.15) is 0 Å². The molecule has 0 aromatic heterocycles. The van der Waals surface area contributed by atoms with Gasteiger partial charge in [0.2, 0.25) is 5.91 Å². The average Bonchev–Trinajstić information content (AvgIpc) is 2.01. The minimum absolute atomic E-state index is 0.575. The average molecular weight is 147 g/mol. The molecule has 0 amide bonds. The zero-order chi connectivity index (χ0) is 8.20. The molecule has 0 aromatic rings. The maximum absolute atomic E-state index is 5.14. The van der Waals surface area contributed by atoms with Crippen LogP contribution in [0.15, 0.2) is 0 Å². The summed E-state index contributed by atoms with van der Waals surface area (Å²) in [6, 6.07) is 0. The van der Waals surface area contributed by atoms with E-state index < -0.39 is 5.91 Å². The second kappa shape index (κ2) is 3.91. The lowest BCUT2D eigenvalue weighted by Gasteiger charge is -2.34. The fourth-order valence-electron chi connectivity index (χ4n) is 0.682. The molecular weight excluding hydrogens is 130 g/mol. The van der Waals surface area contributed by atoms with Crippen LogP contribution in [0.4, 0.5) is 0 Å². The summed E-state index contributed by atoms with van der Waals surface area (Å²) >= 11 is 0. The highest BCUT2D eigenvalue weighted by Gasteiger charge is 2.26. The van der Waals surface area contributed by atoms with Gasteiger partial charge in [-0.05, 0) is 13.6 Å². The minimum Gasteiger partial charge on any atom is -0.341 e. The Labute approximate surface area is 62.9 Å². The van der Waals surface area contributed by atoms with Crippen molar-refractivity contribution < 1.29 is 9.47 Å². The van der Waals surface area contributed by atoms with E-state index in [1.807, 2.05) is 18.9 Å². The number of ether oxygens (including phenoxy) is 2. The lowest BCUT2D eigenvalue weighted by Crippen LogP contribution is -2.46. The number of hydrogen-bond donors (Lipinski definition) is 0. The number of hydrogen-bond acceptors (Lipinski definition) is 3. The van der Waals surface area contributed by atoms with Crippen molar-refractivity contribution in [1.82, 2.24) is 4.90 Å². The van der Waals surface area contributed by atoms with Gasteiger partial charge in [-0.25, -0.2) is 0 Å². The highest BCUT2D eigenvalue weighted by atomic mass is 16.7. The Balaban J connectivity index is 4.02. The van der Waals surface area contributed by atoms with E-state index in [2.05, 4.69) is 6.92 Å². The lowest BCUT2D eigenvalue weighted by molar-refractivity contribution is -0.275. The normalized spacial score (nSPS) is 12.6. The Hall–Kier alpha value is -0.120. The van der Waals surface area contributed by atoms with Crippen LogP contribution < -0.4 is 0 Å². The summed E-state index contributed by atoms with van der Waals surface area (Å²) in [4.78, 5) is 1.98. The molecule has 0 aromatic carbocycles. The van der Waals surface area contributed by atoms with Crippen LogP contribution in [0.3, 0.4) is 0 Å². The highest BCUT2D eigenvalue weighted by molar-refractivity contribution is 4.58. The summed E-state index contributed by atoms with van der Waals surface area (Å²) in [6.07, 6.45) is 0. The largest absolute Gasteiger partial charge is 0.341 e. The van der Waals surface area contributed by atoms with Crippen molar-refractivity contribution in [1.29, 1.82) is 0 Å². The maximum Gasteiger partial charge on any atom is 0.226 e. The van der Waals surface area contributed by atoms with Gasteiger partial charge in [0.1, 0.15) is 0 Å². The fraction of sp³-hybridized carbons (Fsp3) is 1.00. The Kier molecular flexibility index (Phi) is 3.86. The van der Waals surface area contributed by atoms with Gasteiger partial charge in [0.05, 0.1) is 0 Å². The number of rotatable bonds is 4. The van der Waals surface area contributed by atoms with Crippen LogP contribution in [0.5, 0.6) is 0 Å². The molecule has 0 bridgehead atoms. The van der Waals surface area contributed by atoms with Gasteiger partial charge < -0.3 is 9.47 Å². The molecule has 0 aliphatic carbocycles. The van der Waals surface area contributed by atoms with E-state index in [4.69, 9.17) is 9.47 Å². The predicted molar refractivity (Wildman–Crippen MR) is 40.7 cm³/mol. The van der Waals surface area contributed by atoms with Crippen molar-refractivity contribution in [2.24, 2.45) is 0 Å². The Morgan fingerprint density at radius 2 is 1.70 bits per heavy atom. The van der Waals surface area contributed by atoms with Crippen LogP contribution in [-0.4, -0.2) is 38.6 Å². The van der Waals surface area contributed by atoms with Crippen LogP contribution in [0.25, 0.3) is 0 Å². The molecule has 0 unspecified atom stereocenters. The second-order valence-corrected chi connectivity index (χ2v) is 2.32. The van der Waals surface area contributed by atoms with Crippen LogP contribution in [0.1, 0.15) is 13.8 Å². The standard InChI is InChI=1S/C7H17NO2/c1-6-8(3)7(2,9-4)10-5/h6H2,1-5H3.